The van der Waals surface area contributed by atoms with Crippen molar-refractivity contribution in [2.24, 2.45) is 7.05 Å². The van der Waals surface area contributed by atoms with Crippen LogP contribution in [0.5, 0.6) is 0 Å². The molecule has 0 saturated carbocycles. The first-order chi connectivity index (χ1) is 12.9. The van der Waals surface area contributed by atoms with E-state index in [-0.39, 0.29) is 5.69 Å². The fraction of sp³-hybridized carbons (Fsp3) is 0.188. The highest BCUT2D eigenvalue weighted by Gasteiger charge is 2.21. The van der Waals surface area contributed by atoms with Crippen LogP contribution in [-0.4, -0.2) is 30.8 Å². The monoisotopic (exact) mass is 391 g/mol. The number of furan rings is 1. The van der Waals surface area contributed by atoms with Gasteiger partial charge in [0.15, 0.2) is 16.7 Å². The van der Waals surface area contributed by atoms with Crippen LogP contribution in [0.3, 0.4) is 0 Å². The number of nitro groups is 1. The molecular weight excluding hydrogens is 377 g/mol. The molecule has 140 valence electrons. The van der Waals surface area contributed by atoms with Gasteiger partial charge < -0.3 is 14.3 Å². The van der Waals surface area contributed by atoms with Gasteiger partial charge in [0.25, 0.3) is 0 Å². The van der Waals surface area contributed by atoms with Crippen LogP contribution in [0.15, 0.2) is 46.2 Å². The van der Waals surface area contributed by atoms with Gasteiger partial charge in [-0.05, 0) is 31.2 Å². The zero-order valence-electron chi connectivity index (χ0n) is 14.2. The minimum Gasteiger partial charge on any atom is -0.461 e. The molecule has 0 aliphatic rings. The standard InChI is InChI=1S/C16H14FN5O4S/c1-9(15(23)18-10-5-6-11(17)12(8-10)22(24)25)27-16-20-19-14(21(16)2)13-4-3-7-26-13/h3-9H,1-2H3,(H,18,23)/t9-/m0/s1. The zero-order chi connectivity index (χ0) is 19.6. The first kappa shape index (κ1) is 18.6. The molecule has 27 heavy (non-hydrogen) atoms. The Labute approximate surface area is 156 Å². The Kier molecular flexibility index (Phi) is 5.21. The van der Waals surface area contributed by atoms with Gasteiger partial charge in [0.05, 0.1) is 16.4 Å². The molecule has 9 nitrogen and oxygen atoms in total. The number of nitrogens with zero attached hydrogens (tertiary/aromatic N) is 4. The van der Waals surface area contributed by atoms with Crippen LogP contribution in [0, 0.1) is 15.9 Å². The molecule has 1 N–H and O–H groups in total. The van der Waals surface area contributed by atoms with Crippen molar-refractivity contribution < 1.29 is 18.5 Å². The SMILES string of the molecule is C[C@H](Sc1nnc(-c2ccco2)n1C)C(=O)Nc1ccc(F)c([N+](=O)[O-])c1. The second kappa shape index (κ2) is 7.58. The van der Waals surface area contributed by atoms with Crippen LogP contribution in [0.25, 0.3) is 11.6 Å². The summed E-state index contributed by atoms with van der Waals surface area (Å²) in [6, 6.07) is 6.64. The van der Waals surface area contributed by atoms with Gasteiger partial charge in [0, 0.05) is 18.8 Å². The van der Waals surface area contributed by atoms with Gasteiger partial charge in [-0.1, -0.05) is 11.8 Å². The van der Waals surface area contributed by atoms with E-state index in [2.05, 4.69) is 15.5 Å². The number of carbonyl (C=O) groups excluding carboxylic acids is 1. The molecule has 2 aromatic heterocycles. The van der Waals surface area contributed by atoms with Crippen molar-refractivity contribution in [3.63, 3.8) is 0 Å². The summed E-state index contributed by atoms with van der Waals surface area (Å²) < 4.78 is 20.4. The van der Waals surface area contributed by atoms with E-state index in [0.717, 1.165) is 23.9 Å². The first-order valence-electron chi connectivity index (χ1n) is 7.71. The molecule has 0 radical (unpaired) electrons. The molecule has 0 spiro atoms. The number of anilines is 1. The van der Waals surface area contributed by atoms with E-state index in [1.165, 1.54) is 12.3 Å². The van der Waals surface area contributed by atoms with E-state index in [9.17, 15) is 19.3 Å². The lowest BCUT2D eigenvalue weighted by Gasteiger charge is -2.11. The van der Waals surface area contributed by atoms with Gasteiger partial charge in [-0.25, -0.2) is 0 Å². The summed E-state index contributed by atoms with van der Waals surface area (Å²) in [6.45, 7) is 1.65. The van der Waals surface area contributed by atoms with E-state index in [1.54, 1.807) is 30.7 Å². The number of carbonyl (C=O) groups is 1. The first-order valence-corrected chi connectivity index (χ1v) is 8.59. The van der Waals surface area contributed by atoms with Gasteiger partial charge >= 0.3 is 5.69 Å². The highest BCUT2D eigenvalue weighted by Crippen LogP contribution is 2.27. The molecule has 0 fully saturated rings. The summed E-state index contributed by atoms with van der Waals surface area (Å²) in [4.78, 5) is 22.3. The van der Waals surface area contributed by atoms with Crippen molar-refractivity contribution in [3.05, 3.63) is 52.5 Å². The third kappa shape index (κ3) is 3.97. The van der Waals surface area contributed by atoms with Crippen molar-refractivity contribution in [1.29, 1.82) is 0 Å². The lowest BCUT2D eigenvalue weighted by Crippen LogP contribution is -2.23. The number of nitro benzene ring substituents is 1. The number of thioether (sulfide) groups is 1. The molecule has 1 aromatic carbocycles. The highest BCUT2D eigenvalue weighted by atomic mass is 32.2. The molecule has 1 atom stereocenters. The Morgan fingerprint density at radius 3 is 2.85 bits per heavy atom. The van der Waals surface area contributed by atoms with Crippen LogP contribution in [-0.2, 0) is 11.8 Å². The Balaban J connectivity index is 1.70. The average Bonchev–Trinajstić information content (AvgIpc) is 3.27. The lowest BCUT2D eigenvalue weighted by molar-refractivity contribution is -0.387. The maximum absolute atomic E-state index is 13.4. The maximum atomic E-state index is 13.4. The van der Waals surface area contributed by atoms with E-state index in [0.29, 0.717) is 16.7 Å². The highest BCUT2D eigenvalue weighted by molar-refractivity contribution is 8.00. The number of halogens is 1. The smallest absolute Gasteiger partial charge is 0.306 e. The number of amides is 1. The van der Waals surface area contributed by atoms with Crippen LogP contribution in [0.1, 0.15) is 6.92 Å². The van der Waals surface area contributed by atoms with Crippen LogP contribution in [0.2, 0.25) is 0 Å². The number of aromatic nitrogens is 3. The van der Waals surface area contributed by atoms with Gasteiger partial charge in [-0.3, -0.25) is 14.9 Å². The largest absolute Gasteiger partial charge is 0.461 e. The predicted molar refractivity (Wildman–Crippen MR) is 95.7 cm³/mol. The summed E-state index contributed by atoms with van der Waals surface area (Å²) >= 11 is 1.16. The van der Waals surface area contributed by atoms with E-state index < -0.39 is 27.6 Å². The molecular formula is C16H14FN5O4S. The number of hydrogen-bond donors (Lipinski definition) is 1. The maximum Gasteiger partial charge on any atom is 0.306 e. The normalized spacial score (nSPS) is 12.0. The molecule has 0 aliphatic carbocycles. The second-order valence-electron chi connectivity index (χ2n) is 5.52. The summed E-state index contributed by atoms with van der Waals surface area (Å²) in [6.07, 6.45) is 1.52. The van der Waals surface area contributed by atoms with E-state index in [4.69, 9.17) is 4.42 Å². The average molecular weight is 391 g/mol. The minimum atomic E-state index is -0.968. The van der Waals surface area contributed by atoms with Crippen molar-refractivity contribution >= 4 is 29.0 Å². The van der Waals surface area contributed by atoms with Gasteiger partial charge in [-0.2, -0.15) is 4.39 Å². The third-order valence-electron chi connectivity index (χ3n) is 3.64. The molecule has 0 bridgehead atoms. The number of nitrogens with one attached hydrogen (secondary N) is 1. The number of rotatable bonds is 6. The molecule has 0 aliphatic heterocycles. The molecule has 2 heterocycles. The number of benzene rings is 1. The van der Waals surface area contributed by atoms with Crippen LogP contribution >= 0.6 is 11.8 Å². The van der Waals surface area contributed by atoms with E-state index >= 15 is 0 Å². The zero-order valence-corrected chi connectivity index (χ0v) is 15.1. The molecule has 3 rings (SSSR count). The molecule has 3 aromatic rings. The van der Waals surface area contributed by atoms with E-state index in [1.807, 2.05) is 0 Å². The Bertz CT molecular complexity index is 989. The van der Waals surface area contributed by atoms with Crippen molar-refractivity contribution in [2.75, 3.05) is 5.32 Å². The summed E-state index contributed by atoms with van der Waals surface area (Å²) in [5.74, 6) is -0.315. The minimum absolute atomic E-state index is 0.134. The molecule has 1 amide bonds. The molecule has 0 saturated heterocycles. The summed E-state index contributed by atoms with van der Waals surface area (Å²) in [5.41, 5.74) is -0.570. The van der Waals surface area contributed by atoms with Crippen molar-refractivity contribution in [2.45, 2.75) is 17.3 Å². The topological polar surface area (TPSA) is 116 Å². The quantitative estimate of drug-likeness (QED) is 0.389. The van der Waals surface area contributed by atoms with Crippen molar-refractivity contribution in [3.8, 4) is 11.6 Å². The third-order valence-corrected chi connectivity index (χ3v) is 4.77. The Hall–Kier alpha value is -3.21. The summed E-state index contributed by atoms with van der Waals surface area (Å²) in [5, 5.41) is 21.3. The molecule has 0 unspecified atom stereocenters. The van der Waals surface area contributed by atoms with Gasteiger partial charge in [0.2, 0.25) is 11.7 Å². The lowest BCUT2D eigenvalue weighted by atomic mass is 10.2. The van der Waals surface area contributed by atoms with Crippen LogP contribution < -0.4 is 5.32 Å². The predicted octanol–water partition coefficient (Wildman–Crippen LogP) is 3.24. The number of hydrogen-bond acceptors (Lipinski definition) is 7. The fourth-order valence-electron chi connectivity index (χ4n) is 2.22. The Morgan fingerprint density at radius 1 is 1.41 bits per heavy atom. The van der Waals surface area contributed by atoms with Crippen molar-refractivity contribution in [1.82, 2.24) is 14.8 Å². The van der Waals surface area contributed by atoms with Gasteiger partial charge in [-0.15, -0.1) is 10.2 Å². The fourth-order valence-corrected chi connectivity index (χ4v) is 3.04. The molecule has 11 heteroatoms. The van der Waals surface area contributed by atoms with Crippen LogP contribution in [0.4, 0.5) is 15.8 Å². The second-order valence-corrected chi connectivity index (χ2v) is 6.82. The Morgan fingerprint density at radius 2 is 2.19 bits per heavy atom. The summed E-state index contributed by atoms with van der Waals surface area (Å²) in [7, 11) is 1.74. The van der Waals surface area contributed by atoms with Gasteiger partial charge in [0.1, 0.15) is 0 Å².